The van der Waals surface area contributed by atoms with Gasteiger partial charge in [0.05, 0.1) is 17.6 Å². The Hall–Kier alpha value is -2.31. The Morgan fingerprint density at radius 3 is 2.89 bits per heavy atom. The molecule has 1 aliphatic heterocycles. The largest absolute Gasteiger partial charge is 0.472 e. The van der Waals surface area contributed by atoms with Crippen molar-refractivity contribution >= 4 is 50.0 Å². The predicted molar refractivity (Wildman–Crippen MR) is 111 cm³/mol. The third-order valence-corrected chi connectivity index (χ3v) is 5.35. The van der Waals surface area contributed by atoms with Crippen molar-refractivity contribution in [3.8, 4) is 5.88 Å². The number of aromatic nitrogens is 1. The highest BCUT2D eigenvalue weighted by molar-refractivity contribution is 9.10. The molecule has 2 heterocycles. The maximum absolute atomic E-state index is 11.8. The highest BCUT2D eigenvalue weighted by Crippen LogP contribution is 2.29. The predicted octanol–water partition coefficient (Wildman–Crippen LogP) is 4.41. The van der Waals surface area contributed by atoms with E-state index in [0.29, 0.717) is 23.0 Å². The lowest BCUT2D eigenvalue weighted by Gasteiger charge is -2.21. The maximum Gasteiger partial charge on any atom is 0.250 e. The lowest BCUT2D eigenvalue weighted by atomic mass is 10.1. The SMILES string of the molecule is NC(=O)c1cc(Br)ccc1N1CC[C@@H](Oc2ccc3cc(Cl)ccc3n2)C1. The van der Waals surface area contributed by atoms with E-state index in [0.717, 1.165) is 34.0 Å². The topological polar surface area (TPSA) is 68.5 Å². The first-order valence-corrected chi connectivity index (χ1v) is 9.74. The number of ether oxygens (including phenoxy) is 1. The molecule has 2 aromatic carbocycles. The monoisotopic (exact) mass is 445 g/mol. The molecular weight excluding hydrogens is 430 g/mol. The zero-order chi connectivity index (χ0) is 19.0. The minimum atomic E-state index is -0.439. The fourth-order valence-electron chi connectivity index (χ4n) is 3.34. The van der Waals surface area contributed by atoms with Crippen molar-refractivity contribution < 1.29 is 9.53 Å². The van der Waals surface area contributed by atoms with Crippen molar-refractivity contribution in [3.05, 3.63) is 63.6 Å². The standard InChI is InChI=1S/C20H17BrClN3O2/c21-13-2-5-18(16(10-13)20(23)26)25-8-7-15(11-25)27-19-6-1-12-9-14(22)3-4-17(12)24-19/h1-6,9-10,15H,7-8,11H2,(H2,23,26)/t15-/m1/s1. The van der Waals surface area contributed by atoms with Gasteiger partial charge in [0.2, 0.25) is 5.88 Å². The molecule has 2 N–H and O–H groups in total. The number of amides is 1. The Morgan fingerprint density at radius 1 is 1.22 bits per heavy atom. The summed E-state index contributed by atoms with van der Waals surface area (Å²) in [6.45, 7) is 1.46. The Balaban J connectivity index is 1.50. The number of nitrogens with two attached hydrogens (primary N) is 1. The van der Waals surface area contributed by atoms with E-state index in [1.165, 1.54) is 0 Å². The van der Waals surface area contributed by atoms with E-state index in [9.17, 15) is 4.79 Å². The van der Waals surface area contributed by atoms with Crippen LogP contribution in [0.4, 0.5) is 5.69 Å². The van der Waals surface area contributed by atoms with Gasteiger partial charge in [0.1, 0.15) is 6.10 Å². The van der Waals surface area contributed by atoms with Gasteiger partial charge in [-0.1, -0.05) is 27.5 Å². The van der Waals surface area contributed by atoms with Crippen molar-refractivity contribution in [2.75, 3.05) is 18.0 Å². The highest BCUT2D eigenvalue weighted by Gasteiger charge is 2.27. The first-order valence-electron chi connectivity index (χ1n) is 8.57. The van der Waals surface area contributed by atoms with Gasteiger partial charge in [0.25, 0.3) is 5.91 Å². The van der Waals surface area contributed by atoms with Gasteiger partial charge in [-0.25, -0.2) is 4.98 Å². The fraction of sp³-hybridized carbons (Fsp3) is 0.200. The van der Waals surface area contributed by atoms with E-state index in [1.807, 2.05) is 42.5 Å². The second kappa shape index (κ2) is 7.37. The van der Waals surface area contributed by atoms with Crippen molar-refractivity contribution in [2.24, 2.45) is 5.73 Å². The van der Waals surface area contributed by atoms with E-state index in [2.05, 4.69) is 25.8 Å². The van der Waals surface area contributed by atoms with Crippen LogP contribution in [0.5, 0.6) is 5.88 Å². The molecule has 27 heavy (non-hydrogen) atoms. The van der Waals surface area contributed by atoms with Gasteiger partial charge in [-0.15, -0.1) is 0 Å². The van der Waals surface area contributed by atoms with Gasteiger partial charge in [-0.2, -0.15) is 0 Å². The summed E-state index contributed by atoms with van der Waals surface area (Å²) in [6, 6.07) is 15.0. The quantitative estimate of drug-likeness (QED) is 0.645. The molecule has 1 atom stereocenters. The molecule has 1 amide bonds. The van der Waals surface area contributed by atoms with Gasteiger partial charge in [0.15, 0.2) is 0 Å². The lowest BCUT2D eigenvalue weighted by molar-refractivity contribution is 0.100. The minimum absolute atomic E-state index is 0.00776. The second-order valence-electron chi connectivity index (χ2n) is 6.49. The van der Waals surface area contributed by atoms with Gasteiger partial charge >= 0.3 is 0 Å². The smallest absolute Gasteiger partial charge is 0.250 e. The number of anilines is 1. The summed E-state index contributed by atoms with van der Waals surface area (Å²) < 4.78 is 6.90. The Kier molecular flexibility index (Phi) is 4.93. The molecule has 1 saturated heterocycles. The average molecular weight is 447 g/mol. The van der Waals surface area contributed by atoms with Crippen LogP contribution in [0.1, 0.15) is 16.8 Å². The van der Waals surface area contributed by atoms with Crippen LogP contribution in [-0.2, 0) is 0 Å². The molecule has 138 valence electrons. The van der Waals surface area contributed by atoms with Crippen molar-refractivity contribution in [3.63, 3.8) is 0 Å². The molecule has 5 nitrogen and oxygen atoms in total. The van der Waals surface area contributed by atoms with Crippen LogP contribution in [0.25, 0.3) is 10.9 Å². The van der Waals surface area contributed by atoms with E-state index in [4.69, 9.17) is 22.1 Å². The number of halogens is 2. The summed E-state index contributed by atoms with van der Waals surface area (Å²) in [6.07, 6.45) is 0.834. The number of nitrogens with zero attached hydrogens (tertiary/aromatic N) is 2. The number of hydrogen-bond acceptors (Lipinski definition) is 4. The molecule has 3 aromatic rings. The van der Waals surface area contributed by atoms with Crippen molar-refractivity contribution in [1.29, 1.82) is 0 Å². The summed E-state index contributed by atoms with van der Waals surface area (Å²) >= 11 is 9.40. The van der Waals surface area contributed by atoms with Gasteiger partial charge < -0.3 is 15.4 Å². The van der Waals surface area contributed by atoms with Crippen molar-refractivity contribution in [1.82, 2.24) is 4.98 Å². The summed E-state index contributed by atoms with van der Waals surface area (Å²) in [5, 5.41) is 1.66. The fourth-order valence-corrected chi connectivity index (χ4v) is 3.88. The number of primary amides is 1. The second-order valence-corrected chi connectivity index (χ2v) is 7.84. The van der Waals surface area contributed by atoms with Gasteiger partial charge in [-0.05, 0) is 42.5 Å². The number of hydrogen-bond donors (Lipinski definition) is 1. The molecule has 1 aliphatic rings. The molecule has 1 aromatic heterocycles. The third-order valence-electron chi connectivity index (χ3n) is 4.62. The maximum atomic E-state index is 11.8. The van der Waals surface area contributed by atoms with Crippen LogP contribution in [0.2, 0.25) is 5.02 Å². The van der Waals surface area contributed by atoms with Crippen LogP contribution in [0, 0.1) is 0 Å². The molecular formula is C20H17BrClN3O2. The normalized spacial score (nSPS) is 16.7. The van der Waals surface area contributed by atoms with Crippen molar-refractivity contribution in [2.45, 2.75) is 12.5 Å². The van der Waals surface area contributed by atoms with Crippen LogP contribution >= 0.6 is 27.5 Å². The average Bonchev–Trinajstić information content (AvgIpc) is 3.10. The van der Waals surface area contributed by atoms with Crippen LogP contribution < -0.4 is 15.4 Å². The Labute approximate surface area is 170 Å². The van der Waals surface area contributed by atoms with Gasteiger partial charge in [-0.3, -0.25) is 4.79 Å². The van der Waals surface area contributed by atoms with E-state index >= 15 is 0 Å². The van der Waals surface area contributed by atoms with E-state index in [1.54, 1.807) is 6.07 Å². The van der Waals surface area contributed by atoms with Gasteiger partial charge in [0, 0.05) is 39.6 Å². The Morgan fingerprint density at radius 2 is 2.07 bits per heavy atom. The van der Waals surface area contributed by atoms with Crippen LogP contribution in [-0.4, -0.2) is 30.1 Å². The lowest BCUT2D eigenvalue weighted by Crippen LogP contribution is -2.27. The first-order chi connectivity index (χ1) is 13.0. The summed E-state index contributed by atoms with van der Waals surface area (Å²) in [5.41, 5.74) is 7.72. The summed E-state index contributed by atoms with van der Waals surface area (Å²) in [7, 11) is 0. The third kappa shape index (κ3) is 3.87. The van der Waals surface area contributed by atoms with E-state index < -0.39 is 5.91 Å². The molecule has 0 saturated carbocycles. The molecule has 0 aliphatic carbocycles. The molecule has 7 heteroatoms. The number of carbonyl (C=O) groups excluding carboxylic acids is 1. The Bertz CT molecular complexity index is 1030. The molecule has 0 unspecified atom stereocenters. The number of rotatable bonds is 4. The number of pyridine rings is 1. The minimum Gasteiger partial charge on any atom is -0.472 e. The summed E-state index contributed by atoms with van der Waals surface area (Å²) in [4.78, 5) is 18.5. The van der Waals surface area contributed by atoms with Crippen LogP contribution in [0.15, 0.2) is 53.0 Å². The molecule has 1 fully saturated rings. The number of benzene rings is 2. The molecule has 0 spiro atoms. The van der Waals surface area contributed by atoms with Crippen LogP contribution in [0.3, 0.4) is 0 Å². The molecule has 0 bridgehead atoms. The molecule has 4 rings (SSSR count). The number of fused-ring (bicyclic) bond motifs is 1. The molecule has 0 radical (unpaired) electrons. The number of carbonyl (C=O) groups is 1. The zero-order valence-corrected chi connectivity index (χ0v) is 16.7. The zero-order valence-electron chi connectivity index (χ0n) is 14.4. The first kappa shape index (κ1) is 18.1. The van der Waals surface area contributed by atoms with E-state index in [-0.39, 0.29) is 6.10 Å². The summed E-state index contributed by atoms with van der Waals surface area (Å²) in [5.74, 6) is 0.146. The highest BCUT2D eigenvalue weighted by atomic mass is 79.9.